The molecule has 2 aliphatic rings. The van der Waals surface area contributed by atoms with Gasteiger partial charge in [-0.05, 0) is 62.4 Å². The standard InChI is InChI=1S/C23H26N2O3/c1-23(2)19-9-8-17(21(26)27)14-20(19)25(22(23)28)15-16-10-12-24(13-11-16)18-6-4-3-5-7-18/h3-9,14,16H,10-13,15H2,1-2H3,(H,26,27). The van der Waals surface area contributed by atoms with Crippen molar-refractivity contribution in [3.63, 3.8) is 0 Å². The zero-order chi connectivity index (χ0) is 19.9. The number of carboxylic acids is 1. The number of fused-ring (bicyclic) bond motifs is 1. The number of hydrogen-bond donors (Lipinski definition) is 1. The number of benzene rings is 2. The van der Waals surface area contributed by atoms with Crippen molar-refractivity contribution in [2.45, 2.75) is 32.1 Å². The summed E-state index contributed by atoms with van der Waals surface area (Å²) in [6.45, 7) is 6.45. The molecule has 2 aliphatic heterocycles. The Morgan fingerprint density at radius 3 is 2.43 bits per heavy atom. The van der Waals surface area contributed by atoms with Crippen molar-refractivity contribution in [2.75, 3.05) is 29.4 Å². The molecule has 5 heteroatoms. The maximum absolute atomic E-state index is 13.1. The lowest BCUT2D eigenvalue weighted by molar-refractivity contribution is -0.122. The molecule has 1 N–H and O–H groups in total. The Labute approximate surface area is 165 Å². The van der Waals surface area contributed by atoms with Gasteiger partial charge in [0, 0.05) is 31.0 Å². The Bertz CT molecular complexity index is 899. The van der Waals surface area contributed by atoms with Crippen LogP contribution in [0.4, 0.5) is 11.4 Å². The molecule has 146 valence electrons. The Morgan fingerprint density at radius 2 is 1.79 bits per heavy atom. The van der Waals surface area contributed by atoms with Crippen LogP contribution in [0, 0.1) is 5.92 Å². The molecule has 28 heavy (non-hydrogen) atoms. The second-order valence-corrected chi connectivity index (χ2v) is 8.34. The zero-order valence-electron chi connectivity index (χ0n) is 16.4. The molecule has 0 bridgehead atoms. The molecule has 0 aliphatic carbocycles. The third kappa shape index (κ3) is 3.15. The zero-order valence-corrected chi connectivity index (χ0v) is 16.4. The summed E-state index contributed by atoms with van der Waals surface area (Å²) < 4.78 is 0. The molecular weight excluding hydrogens is 352 g/mol. The predicted molar refractivity (Wildman–Crippen MR) is 110 cm³/mol. The Kier molecular flexibility index (Phi) is 4.61. The molecule has 4 rings (SSSR count). The van der Waals surface area contributed by atoms with Crippen molar-refractivity contribution in [2.24, 2.45) is 5.92 Å². The van der Waals surface area contributed by atoms with E-state index in [-0.39, 0.29) is 11.5 Å². The summed E-state index contributed by atoms with van der Waals surface area (Å²) in [6, 6.07) is 15.5. The third-order valence-electron chi connectivity index (χ3n) is 6.17. The van der Waals surface area contributed by atoms with Gasteiger partial charge in [0.2, 0.25) is 5.91 Å². The number of amides is 1. The molecule has 0 radical (unpaired) electrons. The highest BCUT2D eigenvalue weighted by molar-refractivity contribution is 6.08. The van der Waals surface area contributed by atoms with Gasteiger partial charge in [0.1, 0.15) is 0 Å². The molecule has 0 aromatic heterocycles. The molecule has 1 saturated heterocycles. The number of hydrogen-bond acceptors (Lipinski definition) is 3. The van der Waals surface area contributed by atoms with E-state index in [2.05, 4.69) is 29.2 Å². The molecule has 0 spiro atoms. The average Bonchev–Trinajstić information content (AvgIpc) is 2.89. The number of anilines is 2. The topological polar surface area (TPSA) is 60.9 Å². The van der Waals surface area contributed by atoms with E-state index in [4.69, 9.17) is 0 Å². The van der Waals surface area contributed by atoms with Crippen molar-refractivity contribution < 1.29 is 14.7 Å². The van der Waals surface area contributed by atoms with E-state index < -0.39 is 11.4 Å². The summed E-state index contributed by atoms with van der Waals surface area (Å²) in [4.78, 5) is 28.7. The lowest BCUT2D eigenvalue weighted by Gasteiger charge is -2.35. The van der Waals surface area contributed by atoms with Gasteiger partial charge in [-0.15, -0.1) is 0 Å². The maximum atomic E-state index is 13.1. The van der Waals surface area contributed by atoms with Crippen LogP contribution in [-0.4, -0.2) is 36.6 Å². The van der Waals surface area contributed by atoms with Gasteiger partial charge in [0.15, 0.2) is 0 Å². The largest absolute Gasteiger partial charge is 0.478 e. The van der Waals surface area contributed by atoms with Crippen molar-refractivity contribution in [3.05, 3.63) is 59.7 Å². The number of carbonyl (C=O) groups is 2. The number of para-hydroxylation sites is 1. The van der Waals surface area contributed by atoms with E-state index in [1.807, 2.05) is 24.8 Å². The molecule has 2 aromatic carbocycles. The third-order valence-corrected chi connectivity index (χ3v) is 6.17. The smallest absolute Gasteiger partial charge is 0.335 e. The first-order chi connectivity index (χ1) is 13.4. The highest BCUT2D eigenvalue weighted by Crippen LogP contribution is 2.43. The SMILES string of the molecule is CC1(C)C(=O)N(CC2CCN(c3ccccc3)CC2)c2cc(C(=O)O)ccc21. The van der Waals surface area contributed by atoms with Crippen molar-refractivity contribution in [1.29, 1.82) is 0 Å². The van der Waals surface area contributed by atoms with E-state index in [1.54, 1.807) is 18.2 Å². The van der Waals surface area contributed by atoms with Crippen LogP contribution >= 0.6 is 0 Å². The minimum Gasteiger partial charge on any atom is -0.478 e. The minimum atomic E-state index is -0.962. The van der Waals surface area contributed by atoms with Crippen LogP contribution in [0.2, 0.25) is 0 Å². The molecule has 2 heterocycles. The van der Waals surface area contributed by atoms with E-state index >= 15 is 0 Å². The average molecular weight is 378 g/mol. The lowest BCUT2D eigenvalue weighted by Crippen LogP contribution is -2.42. The van der Waals surface area contributed by atoms with E-state index in [0.29, 0.717) is 12.5 Å². The van der Waals surface area contributed by atoms with Gasteiger partial charge >= 0.3 is 5.97 Å². The highest BCUT2D eigenvalue weighted by Gasteiger charge is 2.44. The van der Waals surface area contributed by atoms with E-state index in [0.717, 1.165) is 37.2 Å². The fourth-order valence-corrected chi connectivity index (χ4v) is 4.43. The summed E-state index contributed by atoms with van der Waals surface area (Å²) in [5, 5.41) is 9.35. The Hall–Kier alpha value is -2.82. The molecule has 1 fully saturated rings. The Balaban J connectivity index is 1.51. The quantitative estimate of drug-likeness (QED) is 0.876. The second-order valence-electron chi connectivity index (χ2n) is 8.34. The summed E-state index contributed by atoms with van der Waals surface area (Å²) in [5.74, 6) is -0.481. The van der Waals surface area contributed by atoms with Crippen molar-refractivity contribution in [3.8, 4) is 0 Å². The van der Waals surface area contributed by atoms with Crippen LogP contribution in [0.1, 0.15) is 42.6 Å². The monoisotopic (exact) mass is 378 g/mol. The second kappa shape index (κ2) is 6.97. The van der Waals surface area contributed by atoms with Gasteiger partial charge in [0.25, 0.3) is 0 Å². The number of carbonyl (C=O) groups excluding carboxylic acids is 1. The van der Waals surface area contributed by atoms with Crippen molar-refractivity contribution in [1.82, 2.24) is 0 Å². The van der Waals surface area contributed by atoms with Crippen LogP contribution < -0.4 is 9.80 Å². The number of piperidine rings is 1. The molecule has 0 atom stereocenters. The van der Waals surface area contributed by atoms with Crippen LogP contribution in [0.3, 0.4) is 0 Å². The number of nitrogens with zero attached hydrogens (tertiary/aromatic N) is 2. The van der Waals surface area contributed by atoms with Gasteiger partial charge in [0.05, 0.1) is 11.0 Å². The molecular formula is C23H26N2O3. The first-order valence-electron chi connectivity index (χ1n) is 9.87. The molecule has 2 aromatic rings. The van der Waals surface area contributed by atoms with E-state index in [1.165, 1.54) is 5.69 Å². The van der Waals surface area contributed by atoms with Gasteiger partial charge in [-0.1, -0.05) is 24.3 Å². The molecule has 0 saturated carbocycles. The fraction of sp³-hybridized carbons (Fsp3) is 0.391. The number of carboxylic acid groups (broad SMARTS) is 1. The Morgan fingerprint density at radius 1 is 1.11 bits per heavy atom. The first-order valence-corrected chi connectivity index (χ1v) is 9.87. The molecule has 0 unspecified atom stereocenters. The number of aromatic carboxylic acids is 1. The van der Waals surface area contributed by atoms with E-state index in [9.17, 15) is 14.7 Å². The molecule has 5 nitrogen and oxygen atoms in total. The van der Waals surface area contributed by atoms with Crippen molar-refractivity contribution >= 4 is 23.3 Å². The van der Waals surface area contributed by atoms with Gasteiger partial charge in [-0.25, -0.2) is 4.79 Å². The van der Waals surface area contributed by atoms with Crippen LogP contribution in [-0.2, 0) is 10.2 Å². The van der Waals surface area contributed by atoms with Crippen LogP contribution in [0.5, 0.6) is 0 Å². The van der Waals surface area contributed by atoms with Gasteiger partial charge < -0.3 is 14.9 Å². The lowest BCUT2D eigenvalue weighted by atomic mass is 9.86. The summed E-state index contributed by atoms with van der Waals surface area (Å²) in [6.07, 6.45) is 2.04. The summed E-state index contributed by atoms with van der Waals surface area (Å²) in [5.41, 5.74) is 2.55. The summed E-state index contributed by atoms with van der Waals surface area (Å²) in [7, 11) is 0. The molecule has 1 amide bonds. The van der Waals surface area contributed by atoms with Gasteiger partial charge in [-0.2, -0.15) is 0 Å². The number of rotatable bonds is 4. The summed E-state index contributed by atoms with van der Waals surface area (Å²) >= 11 is 0. The van der Waals surface area contributed by atoms with Crippen LogP contribution in [0.25, 0.3) is 0 Å². The maximum Gasteiger partial charge on any atom is 0.335 e. The minimum absolute atomic E-state index is 0.0653. The predicted octanol–water partition coefficient (Wildman–Crippen LogP) is 3.93. The van der Waals surface area contributed by atoms with Gasteiger partial charge in [-0.3, -0.25) is 4.79 Å². The normalized spacial score (nSPS) is 19.0. The highest BCUT2D eigenvalue weighted by atomic mass is 16.4. The fourth-order valence-electron chi connectivity index (χ4n) is 4.43. The first kappa shape index (κ1) is 18.5. The van der Waals surface area contributed by atoms with Crippen LogP contribution in [0.15, 0.2) is 48.5 Å².